The van der Waals surface area contributed by atoms with Gasteiger partial charge in [-0.1, -0.05) is 54.6 Å². The molecule has 1 heterocycles. The largest absolute Gasteiger partial charge is 0.456 e. The van der Waals surface area contributed by atoms with Gasteiger partial charge in [-0.3, -0.25) is 0 Å². The minimum absolute atomic E-state index is 0.526. The third kappa shape index (κ3) is 1.92. The summed E-state index contributed by atoms with van der Waals surface area (Å²) in [4.78, 5) is 0. The first-order valence-electron chi connectivity index (χ1n) is 7.06. The highest BCUT2D eigenvalue weighted by molar-refractivity contribution is 6.12. The predicted molar refractivity (Wildman–Crippen MR) is 87.0 cm³/mol. The average molecular weight is 273 g/mol. The number of nitrogens with two attached hydrogens (primary N) is 1. The number of hydrogen-bond acceptors (Lipinski definition) is 2. The number of furan rings is 1. The highest BCUT2D eigenvalue weighted by atomic mass is 16.3. The molecule has 0 unspecified atom stereocenters. The Morgan fingerprint density at radius 2 is 1.67 bits per heavy atom. The molecule has 0 aliphatic rings. The fraction of sp³-hybridized carbons (Fsp3) is 0.0526. The molecule has 0 saturated heterocycles. The van der Waals surface area contributed by atoms with E-state index in [4.69, 9.17) is 10.2 Å². The van der Waals surface area contributed by atoms with Crippen molar-refractivity contribution in [3.05, 3.63) is 72.3 Å². The van der Waals surface area contributed by atoms with Crippen LogP contribution in [0.3, 0.4) is 0 Å². The van der Waals surface area contributed by atoms with Crippen molar-refractivity contribution in [3.63, 3.8) is 0 Å². The molecule has 0 radical (unpaired) electrons. The van der Waals surface area contributed by atoms with Gasteiger partial charge in [0.1, 0.15) is 11.2 Å². The van der Waals surface area contributed by atoms with Gasteiger partial charge >= 0.3 is 0 Å². The van der Waals surface area contributed by atoms with Gasteiger partial charge in [0.25, 0.3) is 0 Å². The fourth-order valence-electron chi connectivity index (χ4n) is 2.86. The molecule has 0 bridgehead atoms. The van der Waals surface area contributed by atoms with Crippen LogP contribution in [0.4, 0.5) is 0 Å². The van der Waals surface area contributed by atoms with E-state index in [9.17, 15) is 0 Å². The van der Waals surface area contributed by atoms with Crippen molar-refractivity contribution < 1.29 is 4.42 Å². The maximum atomic E-state index is 6.00. The predicted octanol–water partition coefficient (Wildman–Crippen LogP) is 4.71. The van der Waals surface area contributed by atoms with E-state index in [2.05, 4.69) is 42.5 Å². The molecule has 0 amide bonds. The van der Waals surface area contributed by atoms with E-state index in [1.54, 1.807) is 0 Å². The van der Waals surface area contributed by atoms with Gasteiger partial charge in [-0.2, -0.15) is 0 Å². The van der Waals surface area contributed by atoms with Crippen molar-refractivity contribution in [3.8, 4) is 11.1 Å². The zero-order valence-corrected chi connectivity index (χ0v) is 11.5. The van der Waals surface area contributed by atoms with Gasteiger partial charge in [0, 0.05) is 17.3 Å². The summed E-state index contributed by atoms with van der Waals surface area (Å²) in [7, 11) is 0. The van der Waals surface area contributed by atoms with Gasteiger partial charge in [0.2, 0.25) is 0 Å². The van der Waals surface area contributed by atoms with E-state index >= 15 is 0 Å². The Kier molecular flexibility index (Phi) is 2.76. The zero-order valence-electron chi connectivity index (χ0n) is 11.5. The number of benzene rings is 3. The lowest BCUT2D eigenvalue weighted by Gasteiger charge is -2.03. The van der Waals surface area contributed by atoms with Crippen LogP contribution in [0.15, 0.2) is 71.1 Å². The second-order valence-corrected chi connectivity index (χ2v) is 5.18. The fourth-order valence-corrected chi connectivity index (χ4v) is 2.86. The molecule has 4 aromatic rings. The van der Waals surface area contributed by atoms with Crippen LogP contribution in [-0.2, 0) is 6.54 Å². The van der Waals surface area contributed by atoms with E-state index in [0.717, 1.165) is 22.1 Å². The molecular formula is C19H15NO. The van der Waals surface area contributed by atoms with Crippen LogP contribution in [0.25, 0.3) is 33.1 Å². The minimum atomic E-state index is 0.526. The standard InChI is InChI=1S/C19H15NO/c20-12-13-9-10-16-18(11-13)21-17-8-4-7-15(19(16)17)14-5-2-1-3-6-14/h1-11H,12,20H2. The van der Waals surface area contributed by atoms with Gasteiger partial charge in [0.15, 0.2) is 0 Å². The molecule has 3 aromatic carbocycles. The summed E-state index contributed by atoms with van der Waals surface area (Å²) < 4.78 is 6.00. The smallest absolute Gasteiger partial charge is 0.136 e. The Labute approximate surface area is 122 Å². The van der Waals surface area contributed by atoms with Gasteiger partial charge < -0.3 is 10.2 Å². The van der Waals surface area contributed by atoms with Crippen LogP contribution in [0, 0.1) is 0 Å². The number of hydrogen-bond donors (Lipinski definition) is 1. The highest BCUT2D eigenvalue weighted by Gasteiger charge is 2.12. The average Bonchev–Trinajstić information content (AvgIpc) is 2.93. The minimum Gasteiger partial charge on any atom is -0.456 e. The van der Waals surface area contributed by atoms with Crippen LogP contribution < -0.4 is 5.73 Å². The van der Waals surface area contributed by atoms with Gasteiger partial charge in [-0.15, -0.1) is 0 Å². The molecular weight excluding hydrogens is 258 g/mol. The molecule has 2 heteroatoms. The summed E-state index contributed by atoms with van der Waals surface area (Å²) in [5.74, 6) is 0. The first-order valence-corrected chi connectivity index (χ1v) is 7.06. The van der Waals surface area contributed by atoms with Gasteiger partial charge in [0.05, 0.1) is 0 Å². The van der Waals surface area contributed by atoms with Crippen molar-refractivity contribution >= 4 is 21.9 Å². The quantitative estimate of drug-likeness (QED) is 0.574. The third-order valence-electron chi connectivity index (χ3n) is 3.88. The molecule has 2 N–H and O–H groups in total. The lowest BCUT2D eigenvalue weighted by molar-refractivity contribution is 0.668. The van der Waals surface area contributed by atoms with E-state index < -0.39 is 0 Å². The number of fused-ring (bicyclic) bond motifs is 3. The lowest BCUT2D eigenvalue weighted by Crippen LogP contribution is -1.94. The second kappa shape index (κ2) is 4.76. The Bertz CT molecular complexity index is 922. The maximum Gasteiger partial charge on any atom is 0.136 e. The molecule has 0 fully saturated rings. The molecule has 1 aromatic heterocycles. The molecule has 0 aliphatic carbocycles. The summed E-state index contributed by atoms with van der Waals surface area (Å²) in [6.07, 6.45) is 0. The van der Waals surface area contributed by atoms with Crippen molar-refractivity contribution in [1.29, 1.82) is 0 Å². The van der Waals surface area contributed by atoms with Crippen LogP contribution in [-0.4, -0.2) is 0 Å². The van der Waals surface area contributed by atoms with Crippen molar-refractivity contribution in [2.75, 3.05) is 0 Å². The van der Waals surface area contributed by atoms with E-state index in [1.807, 2.05) is 24.3 Å². The van der Waals surface area contributed by atoms with Crippen molar-refractivity contribution in [2.24, 2.45) is 5.73 Å². The summed E-state index contributed by atoms with van der Waals surface area (Å²) in [5.41, 5.74) is 11.0. The van der Waals surface area contributed by atoms with E-state index in [0.29, 0.717) is 6.54 Å². The molecule has 0 spiro atoms. The molecule has 2 nitrogen and oxygen atoms in total. The summed E-state index contributed by atoms with van der Waals surface area (Å²) >= 11 is 0. The molecule has 0 atom stereocenters. The van der Waals surface area contributed by atoms with Crippen LogP contribution in [0.5, 0.6) is 0 Å². The summed E-state index contributed by atoms with van der Waals surface area (Å²) in [6, 6.07) is 22.8. The second-order valence-electron chi connectivity index (χ2n) is 5.18. The molecule has 0 saturated carbocycles. The van der Waals surface area contributed by atoms with E-state index in [-0.39, 0.29) is 0 Å². The molecule has 102 valence electrons. The first kappa shape index (κ1) is 12.2. The zero-order chi connectivity index (χ0) is 14.2. The first-order chi connectivity index (χ1) is 10.4. The van der Waals surface area contributed by atoms with Crippen molar-refractivity contribution in [2.45, 2.75) is 6.54 Å². The third-order valence-corrected chi connectivity index (χ3v) is 3.88. The molecule has 0 aliphatic heterocycles. The van der Waals surface area contributed by atoms with Crippen LogP contribution in [0.1, 0.15) is 5.56 Å². The Balaban J connectivity index is 2.09. The normalized spacial score (nSPS) is 11.3. The summed E-state index contributed by atoms with van der Waals surface area (Å²) in [6.45, 7) is 0.526. The molecule has 4 rings (SSSR count). The van der Waals surface area contributed by atoms with Crippen LogP contribution in [0.2, 0.25) is 0 Å². The van der Waals surface area contributed by atoms with Gasteiger partial charge in [-0.25, -0.2) is 0 Å². The van der Waals surface area contributed by atoms with Crippen molar-refractivity contribution in [1.82, 2.24) is 0 Å². The maximum absolute atomic E-state index is 6.00. The molecule has 21 heavy (non-hydrogen) atoms. The van der Waals surface area contributed by atoms with Gasteiger partial charge in [-0.05, 0) is 28.8 Å². The Morgan fingerprint density at radius 3 is 2.48 bits per heavy atom. The topological polar surface area (TPSA) is 39.2 Å². The Morgan fingerprint density at radius 1 is 0.810 bits per heavy atom. The lowest BCUT2D eigenvalue weighted by atomic mass is 9.99. The SMILES string of the molecule is NCc1ccc2c(c1)oc1cccc(-c3ccccc3)c12. The Hall–Kier alpha value is -2.58. The van der Waals surface area contributed by atoms with Crippen LogP contribution >= 0.6 is 0 Å². The monoisotopic (exact) mass is 273 g/mol. The van der Waals surface area contributed by atoms with E-state index in [1.165, 1.54) is 16.5 Å². The number of rotatable bonds is 2. The highest BCUT2D eigenvalue weighted by Crippen LogP contribution is 2.36. The summed E-state index contributed by atoms with van der Waals surface area (Å²) in [5, 5.41) is 2.31.